The molecule has 0 aliphatic rings. The van der Waals surface area contributed by atoms with Gasteiger partial charge in [-0.3, -0.25) is 4.99 Å². The first-order chi connectivity index (χ1) is 11.1. The van der Waals surface area contributed by atoms with Crippen LogP contribution >= 0.6 is 0 Å². The molecule has 3 N–H and O–H groups in total. The number of aliphatic hydroxyl groups is 1. The van der Waals surface area contributed by atoms with Gasteiger partial charge < -0.3 is 20.3 Å². The van der Waals surface area contributed by atoms with Crippen molar-refractivity contribution < 1.29 is 19.4 Å². The standard InChI is InChI=1S/C17H24N2O4/c1-3-10-22-16(20)14(17(21)23-11-4-2)15(18)19-12-13-8-6-5-7-9-13/h5-9,20H,3-4,10-12H2,1-2H3,(H2,18,19). The Morgan fingerprint density at radius 1 is 1.13 bits per heavy atom. The van der Waals surface area contributed by atoms with Crippen molar-refractivity contribution in [2.45, 2.75) is 33.2 Å². The Labute approximate surface area is 136 Å². The molecule has 0 aromatic heterocycles. The quantitative estimate of drug-likeness (QED) is 0.240. The molecule has 0 unspecified atom stereocenters. The van der Waals surface area contributed by atoms with Crippen molar-refractivity contribution in [1.82, 2.24) is 0 Å². The molecular formula is C17H24N2O4. The van der Waals surface area contributed by atoms with E-state index < -0.39 is 11.9 Å². The summed E-state index contributed by atoms with van der Waals surface area (Å²) in [5, 5.41) is 9.97. The third-order valence-corrected chi connectivity index (χ3v) is 2.83. The number of rotatable bonds is 9. The minimum absolute atomic E-state index is 0.108. The summed E-state index contributed by atoms with van der Waals surface area (Å²) in [6.07, 6.45) is 1.35. The number of aliphatic imine (C=N–C) groups is 1. The molecule has 1 rings (SSSR count). The smallest absolute Gasteiger partial charge is 0.349 e. The van der Waals surface area contributed by atoms with E-state index in [9.17, 15) is 9.90 Å². The van der Waals surface area contributed by atoms with Crippen LogP contribution in [0.1, 0.15) is 32.3 Å². The van der Waals surface area contributed by atoms with Crippen LogP contribution in [0.5, 0.6) is 0 Å². The van der Waals surface area contributed by atoms with Crippen molar-refractivity contribution in [3.05, 3.63) is 47.4 Å². The maximum Gasteiger partial charge on any atom is 0.349 e. The Kier molecular flexibility index (Phi) is 8.28. The van der Waals surface area contributed by atoms with E-state index in [1.807, 2.05) is 44.2 Å². The van der Waals surface area contributed by atoms with Crippen molar-refractivity contribution in [2.75, 3.05) is 13.2 Å². The van der Waals surface area contributed by atoms with Crippen molar-refractivity contribution in [3.8, 4) is 0 Å². The molecule has 0 saturated heterocycles. The second-order valence-electron chi connectivity index (χ2n) is 4.85. The first kappa shape index (κ1) is 18.5. The topological polar surface area (TPSA) is 94.1 Å². The van der Waals surface area contributed by atoms with Crippen molar-refractivity contribution >= 4 is 11.8 Å². The van der Waals surface area contributed by atoms with E-state index in [1.165, 1.54) is 0 Å². The minimum atomic E-state index is -0.741. The molecule has 23 heavy (non-hydrogen) atoms. The number of amidine groups is 1. The summed E-state index contributed by atoms with van der Waals surface area (Å²) >= 11 is 0. The lowest BCUT2D eigenvalue weighted by atomic mass is 10.2. The van der Waals surface area contributed by atoms with E-state index in [0.29, 0.717) is 12.8 Å². The molecule has 1 aromatic rings. The molecule has 0 aliphatic heterocycles. The molecule has 0 atom stereocenters. The second-order valence-corrected chi connectivity index (χ2v) is 4.85. The molecular weight excluding hydrogens is 296 g/mol. The van der Waals surface area contributed by atoms with Crippen LogP contribution < -0.4 is 5.73 Å². The highest BCUT2D eigenvalue weighted by Gasteiger charge is 2.22. The molecule has 1 aromatic carbocycles. The molecule has 0 saturated carbocycles. The number of aliphatic hydroxyl groups excluding tert-OH is 1. The predicted molar refractivity (Wildman–Crippen MR) is 88.9 cm³/mol. The van der Waals surface area contributed by atoms with Gasteiger partial charge in [-0.15, -0.1) is 0 Å². The van der Waals surface area contributed by atoms with Gasteiger partial charge in [-0.25, -0.2) is 4.79 Å². The van der Waals surface area contributed by atoms with Gasteiger partial charge in [0.15, 0.2) is 5.57 Å². The number of carbonyl (C=O) groups excluding carboxylic acids is 1. The van der Waals surface area contributed by atoms with Crippen LogP contribution in [0, 0.1) is 0 Å². The molecule has 0 aliphatic carbocycles. The fourth-order valence-corrected chi connectivity index (χ4v) is 1.68. The highest BCUT2D eigenvalue weighted by atomic mass is 16.6. The number of nitrogens with two attached hydrogens (primary N) is 1. The van der Waals surface area contributed by atoms with Gasteiger partial charge in [0, 0.05) is 0 Å². The highest BCUT2D eigenvalue weighted by molar-refractivity contribution is 6.18. The number of hydrogen-bond acceptors (Lipinski definition) is 5. The Morgan fingerprint density at radius 2 is 1.74 bits per heavy atom. The van der Waals surface area contributed by atoms with E-state index in [-0.39, 0.29) is 31.2 Å². The summed E-state index contributed by atoms with van der Waals surface area (Å²) in [5.74, 6) is -1.40. The van der Waals surface area contributed by atoms with Crippen LogP contribution in [-0.4, -0.2) is 30.1 Å². The van der Waals surface area contributed by atoms with Gasteiger partial charge in [0.2, 0.25) is 0 Å². The Bertz CT molecular complexity index is 553. The largest absolute Gasteiger partial charge is 0.480 e. The van der Waals surface area contributed by atoms with Gasteiger partial charge >= 0.3 is 5.97 Å². The number of ether oxygens (including phenoxy) is 2. The number of carbonyl (C=O) groups is 1. The third kappa shape index (κ3) is 6.42. The van der Waals surface area contributed by atoms with Crippen LogP contribution in [0.2, 0.25) is 0 Å². The molecule has 0 heterocycles. The van der Waals surface area contributed by atoms with Gasteiger partial charge in [0.25, 0.3) is 5.95 Å². The van der Waals surface area contributed by atoms with Crippen LogP contribution in [0.25, 0.3) is 0 Å². The Morgan fingerprint density at radius 3 is 2.35 bits per heavy atom. The fraction of sp³-hybridized carbons (Fsp3) is 0.412. The van der Waals surface area contributed by atoms with Crippen molar-refractivity contribution in [3.63, 3.8) is 0 Å². The molecule has 0 amide bonds. The summed E-state index contributed by atoms with van der Waals surface area (Å²) in [5.41, 5.74) is 6.56. The van der Waals surface area contributed by atoms with Gasteiger partial charge in [-0.1, -0.05) is 44.2 Å². The van der Waals surface area contributed by atoms with E-state index >= 15 is 0 Å². The van der Waals surface area contributed by atoms with Gasteiger partial charge in [0.05, 0.1) is 19.8 Å². The van der Waals surface area contributed by atoms with E-state index in [0.717, 1.165) is 5.56 Å². The lowest BCUT2D eigenvalue weighted by Gasteiger charge is -2.11. The molecule has 0 bridgehead atoms. The van der Waals surface area contributed by atoms with Gasteiger partial charge in [-0.05, 0) is 18.4 Å². The normalized spacial score (nSPS) is 12.5. The van der Waals surface area contributed by atoms with E-state index in [4.69, 9.17) is 15.2 Å². The van der Waals surface area contributed by atoms with Crippen molar-refractivity contribution in [2.24, 2.45) is 10.7 Å². The minimum Gasteiger partial charge on any atom is -0.480 e. The average molecular weight is 320 g/mol. The van der Waals surface area contributed by atoms with Gasteiger partial charge in [0.1, 0.15) is 5.84 Å². The third-order valence-electron chi connectivity index (χ3n) is 2.83. The van der Waals surface area contributed by atoms with Crippen molar-refractivity contribution in [1.29, 1.82) is 0 Å². The average Bonchev–Trinajstić information content (AvgIpc) is 2.57. The fourth-order valence-electron chi connectivity index (χ4n) is 1.68. The summed E-state index contributed by atoms with van der Waals surface area (Å²) in [6, 6.07) is 9.45. The SMILES string of the molecule is CCCOC(=O)C(C(N)=NCc1ccccc1)=C(O)OCCC. The number of nitrogens with zero attached hydrogens (tertiary/aromatic N) is 1. The first-order valence-corrected chi connectivity index (χ1v) is 7.67. The van der Waals surface area contributed by atoms with Gasteiger partial charge in [-0.2, -0.15) is 0 Å². The Balaban J connectivity index is 2.95. The predicted octanol–water partition coefficient (Wildman–Crippen LogP) is 2.69. The summed E-state index contributed by atoms with van der Waals surface area (Å²) < 4.78 is 10.1. The lowest BCUT2D eigenvalue weighted by Crippen LogP contribution is -2.26. The molecule has 6 heteroatoms. The Hall–Kier alpha value is -2.50. The highest BCUT2D eigenvalue weighted by Crippen LogP contribution is 2.09. The number of esters is 1. The number of benzene rings is 1. The molecule has 0 spiro atoms. The zero-order chi connectivity index (χ0) is 17.1. The molecule has 0 fully saturated rings. The summed E-state index contributed by atoms with van der Waals surface area (Å²) in [7, 11) is 0. The molecule has 126 valence electrons. The monoisotopic (exact) mass is 320 g/mol. The van der Waals surface area contributed by atoms with E-state index in [2.05, 4.69) is 4.99 Å². The van der Waals surface area contributed by atoms with E-state index in [1.54, 1.807) is 0 Å². The number of hydrogen-bond donors (Lipinski definition) is 2. The zero-order valence-electron chi connectivity index (χ0n) is 13.6. The van der Waals surface area contributed by atoms with Crippen LogP contribution in [0.4, 0.5) is 0 Å². The maximum atomic E-state index is 12.1. The van der Waals surface area contributed by atoms with Crippen LogP contribution in [-0.2, 0) is 20.8 Å². The molecule has 0 radical (unpaired) electrons. The zero-order valence-corrected chi connectivity index (χ0v) is 13.6. The first-order valence-electron chi connectivity index (χ1n) is 7.67. The maximum absolute atomic E-state index is 12.1. The van der Waals surface area contributed by atoms with Crippen LogP contribution in [0.15, 0.2) is 46.8 Å². The second kappa shape index (κ2) is 10.3. The molecule has 6 nitrogen and oxygen atoms in total. The summed E-state index contributed by atoms with van der Waals surface area (Å²) in [4.78, 5) is 16.2. The lowest BCUT2D eigenvalue weighted by molar-refractivity contribution is -0.139. The van der Waals surface area contributed by atoms with Crippen LogP contribution in [0.3, 0.4) is 0 Å². The summed E-state index contributed by atoms with van der Waals surface area (Å²) in [6.45, 7) is 4.54.